The van der Waals surface area contributed by atoms with Gasteiger partial charge in [-0.1, -0.05) is 26.0 Å². The fraction of sp³-hybridized carbons (Fsp3) is 0.462. The van der Waals surface area contributed by atoms with E-state index in [9.17, 15) is 18.0 Å². The van der Waals surface area contributed by atoms with Crippen molar-refractivity contribution in [1.82, 2.24) is 5.32 Å². The Bertz CT molecular complexity index is 379. The highest BCUT2D eigenvalue weighted by molar-refractivity contribution is 5.48. The van der Waals surface area contributed by atoms with Crippen molar-refractivity contribution in [1.29, 1.82) is 0 Å². The molecular formula is C13H18F3NO3. The number of alkyl halides is 3. The molecular weight excluding hydrogens is 275 g/mol. The van der Waals surface area contributed by atoms with Gasteiger partial charge in [0, 0.05) is 7.11 Å². The van der Waals surface area contributed by atoms with Crippen molar-refractivity contribution in [3.8, 4) is 5.75 Å². The van der Waals surface area contributed by atoms with Gasteiger partial charge in [-0.15, -0.1) is 13.2 Å². The molecule has 0 aliphatic rings. The molecule has 1 amide bonds. The summed E-state index contributed by atoms with van der Waals surface area (Å²) in [6.07, 6.45) is -4.21. The number of benzene rings is 1. The number of carbonyl (C=O) groups is 1. The molecule has 1 N–H and O–H groups in total. The van der Waals surface area contributed by atoms with Crippen molar-refractivity contribution in [2.45, 2.75) is 26.3 Å². The Morgan fingerprint density at radius 2 is 1.80 bits per heavy atom. The molecule has 114 valence electrons. The number of carbonyl (C=O) groups excluding carboxylic acids is 1. The minimum atomic E-state index is -4.71. The number of hydrogen-bond donors (Lipinski definition) is 1. The van der Waals surface area contributed by atoms with Crippen LogP contribution in [0.5, 0.6) is 5.75 Å². The Morgan fingerprint density at radius 3 is 2.20 bits per heavy atom. The molecule has 0 spiro atoms. The summed E-state index contributed by atoms with van der Waals surface area (Å²) in [5.74, 6) is -0.312. The Balaban J connectivity index is 0.00000172. The molecule has 0 fully saturated rings. The number of amides is 1. The predicted octanol–water partition coefficient (Wildman–Crippen LogP) is 3.04. The topological polar surface area (TPSA) is 47.6 Å². The number of nitrogens with one attached hydrogen (secondary N) is 1. The lowest BCUT2D eigenvalue weighted by Crippen LogP contribution is -2.23. The van der Waals surface area contributed by atoms with Crippen LogP contribution < -0.4 is 10.1 Å². The summed E-state index contributed by atoms with van der Waals surface area (Å²) >= 11 is 0. The maximum atomic E-state index is 11.9. The van der Waals surface area contributed by atoms with Crippen LogP contribution in [0.1, 0.15) is 25.5 Å². The highest BCUT2D eigenvalue weighted by atomic mass is 19.4. The molecule has 0 saturated carbocycles. The van der Waals surface area contributed by atoms with Crippen LogP contribution in [0.25, 0.3) is 0 Å². The molecule has 0 radical (unpaired) electrons. The molecule has 0 bridgehead atoms. The zero-order valence-electron chi connectivity index (χ0n) is 11.5. The third kappa shape index (κ3) is 6.98. The standard InChI is InChI=1S/C11H12F3NO3.C2H6/c1-17-6-10(15-7-16)8-2-4-9(5-3-8)18-11(12,13)14;1-2/h2-5,7,10H,6H2,1H3,(H,15,16);1-2H3. The number of ether oxygens (including phenoxy) is 2. The van der Waals surface area contributed by atoms with Crippen LogP contribution >= 0.6 is 0 Å². The van der Waals surface area contributed by atoms with Gasteiger partial charge in [-0.2, -0.15) is 0 Å². The largest absolute Gasteiger partial charge is 0.573 e. The molecule has 0 aliphatic heterocycles. The second kappa shape index (κ2) is 9.19. The van der Waals surface area contributed by atoms with Crippen LogP contribution in [0.2, 0.25) is 0 Å². The number of rotatable bonds is 6. The summed E-state index contributed by atoms with van der Waals surface area (Å²) in [6, 6.07) is 4.81. The van der Waals surface area contributed by atoms with Crippen molar-refractivity contribution >= 4 is 6.41 Å². The highest BCUT2D eigenvalue weighted by Crippen LogP contribution is 2.24. The minimum absolute atomic E-state index is 0.220. The van der Waals surface area contributed by atoms with E-state index < -0.39 is 12.4 Å². The second-order valence-corrected chi connectivity index (χ2v) is 3.41. The second-order valence-electron chi connectivity index (χ2n) is 3.41. The summed E-state index contributed by atoms with van der Waals surface area (Å²) in [6.45, 7) is 4.22. The summed E-state index contributed by atoms with van der Waals surface area (Å²) in [5.41, 5.74) is 0.624. The van der Waals surface area contributed by atoms with Gasteiger partial charge in [-0.3, -0.25) is 4.79 Å². The van der Waals surface area contributed by atoms with Crippen LogP contribution in [-0.2, 0) is 9.53 Å². The lowest BCUT2D eigenvalue weighted by molar-refractivity contribution is -0.274. The third-order valence-electron chi connectivity index (χ3n) is 2.12. The van der Waals surface area contributed by atoms with Gasteiger partial charge >= 0.3 is 6.36 Å². The molecule has 1 aromatic rings. The number of methoxy groups -OCH3 is 1. The maximum absolute atomic E-state index is 11.9. The zero-order valence-corrected chi connectivity index (χ0v) is 11.5. The Hall–Kier alpha value is -1.76. The van der Waals surface area contributed by atoms with Crippen molar-refractivity contribution < 1.29 is 27.4 Å². The van der Waals surface area contributed by atoms with Crippen LogP contribution in [0.15, 0.2) is 24.3 Å². The quantitative estimate of drug-likeness (QED) is 0.820. The Morgan fingerprint density at radius 1 is 1.25 bits per heavy atom. The Labute approximate surface area is 115 Å². The molecule has 0 heterocycles. The van der Waals surface area contributed by atoms with E-state index in [0.717, 1.165) is 0 Å². The molecule has 0 saturated heterocycles. The van der Waals surface area contributed by atoms with Gasteiger partial charge in [0.2, 0.25) is 6.41 Å². The first-order valence-electron chi connectivity index (χ1n) is 6.00. The maximum Gasteiger partial charge on any atom is 0.573 e. The van der Waals surface area contributed by atoms with Gasteiger partial charge in [0.05, 0.1) is 12.6 Å². The zero-order chi connectivity index (χ0) is 15.6. The summed E-state index contributed by atoms with van der Waals surface area (Å²) < 4.78 is 44.4. The SMILES string of the molecule is CC.COCC(NC=O)c1ccc(OC(F)(F)F)cc1. The molecule has 7 heteroatoms. The molecule has 4 nitrogen and oxygen atoms in total. The fourth-order valence-electron chi connectivity index (χ4n) is 1.39. The molecule has 1 atom stereocenters. The molecule has 1 unspecified atom stereocenters. The lowest BCUT2D eigenvalue weighted by Gasteiger charge is -2.16. The highest BCUT2D eigenvalue weighted by Gasteiger charge is 2.31. The van der Waals surface area contributed by atoms with Crippen LogP contribution in [0.3, 0.4) is 0 Å². The van der Waals surface area contributed by atoms with E-state index >= 15 is 0 Å². The normalized spacial score (nSPS) is 11.9. The average molecular weight is 293 g/mol. The van der Waals surface area contributed by atoms with Gasteiger partial charge in [0.25, 0.3) is 0 Å². The van der Waals surface area contributed by atoms with E-state index in [1.807, 2.05) is 13.8 Å². The van der Waals surface area contributed by atoms with Crippen LogP contribution in [0, 0.1) is 0 Å². The molecule has 1 aromatic carbocycles. The van der Waals surface area contributed by atoms with E-state index in [1.165, 1.54) is 31.4 Å². The van der Waals surface area contributed by atoms with Crippen LogP contribution in [0.4, 0.5) is 13.2 Å². The first-order valence-corrected chi connectivity index (χ1v) is 6.00. The molecule has 20 heavy (non-hydrogen) atoms. The van der Waals surface area contributed by atoms with Crippen molar-refractivity contribution in [2.24, 2.45) is 0 Å². The summed E-state index contributed by atoms with van der Waals surface area (Å²) in [7, 11) is 1.46. The van der Waals surface area contributed by atoms with Crippen molar-refractivity contribution in [3.05, 3.63) is 29.8 Å². The first-order chi connectivity index (χ1) is 9.46. The minimum Gasteiger partial charge on any atom is -0.406 e. The molecule has 0 aromatic heterocycles. The monoisotopic (exact) mass is 293 g/mol. The predicted molar refractivity (Wildman–Crippen MR) is 68.3 cm³/mol. The van der Waals surface area contributed by atoms with E-state index in [2.05, 4.69) is 10.1 Å². The Kier molecular flexibility index (Phi) is 8.38. The van der Waals surface area contributed by atoms with E-state index in [1.54, 1.807) is 0 Å². The van der Waals surface area contributed by atoms with Gasteiger partial charge in [-0.25, -0.2) is 0 Å². The van der Waals surface area contributed by atoms with Gasteiger partial charge in [0.1, 0.15) is 5.75 Å². The molecule has 1 rings (SSSR count). The average Bonchev–Trinajstić information content (AvgIpc) is 2.40. The van der Waals surface area contributed by atoms with E-state index in [0.29, 0.717) is 12.0 Å². The van der Waals surface area contributed by atoms with E-state index in [4.69, 9.17) is 4.74 Å². The van der Waals surface area contributed by atoms with Crippen molar-refractivity contribution in [2.75, 3.05) is 13.7 Å². The number of hydrogen-bond acceptors (Lipinski definition) is 3. The van der Waals surface area contributed by atoms with E-state index in [-0.39, 0.29) is 12.4 Å². The smallest absolute Gasteiger partial charge is 0.406 e. The summed E-state index contributed by atoms with van der Waals surface area (Å²) in [4.78, 5) is 10.4. The van der Waals surface area contributed by atoms with Crippen LogP contribution in [-0.4, -0.2) is 26.5 Å². The van der Waals surface area contributed by atoms with Crippen molar-refractivity contribution in [3.63, 3.8) is 0 Å². The lowest BCUT2D eigenvalue weighted by atomic mass is 10.1. The fourth-order valence-corrected chi connectivity index (χ4v) is 1.39. The van der Waals surface area contributed by atoms with Gasteiger partial charge in [0.15, 0.2) is 0 Å². The van der Waals surface area contributed by atoms with Gasteiger partial charge < -0.3 is 14.8 Å². The summed E-state index contributed by atoms with van der Waals surface area (Å²) in [5, 5.41) is 2.50. The van der Waals surface area contributed by atoms with Gasteiger partial charge in [-0.05, 0) is 17.7 Å². The number of halogens is 3. The molecule has 0 aliphatic carbocycles. The third-order valence-corrected chi connectivity index (χ3v) is 2.12. The first kappa shape index (κ1) is 18.2.